The van der Waals surface area contributed by atoms with E-state index in [4.69, 9.17) is 0 Å². The first-order chi connectivity index (χ1) is 14.0. The molecule has 29 heavy (non-hydrogen) atoms. The van der Waals surface area contributed by atoms with Crippen molar-refractivity contribution in [1.82, 2.24) is 14.5 Å². The van der Waals surface area contributed by atoms with Crippen LogP contribution in [0.25, 0.3) is 0 Å². The van der Waals surface area contributed by atoms with Crippen LogP contribution in [0.2, 0.25) is 0 Å². The van der Waals surface area contributed by atoms with Gasteiger partial charge in [-0.2, -0.15) is 0 Å². The van der Waals surface area contributed by atoms with Gasteiger partial charge in [-0.1, -0.05) is 6.92 Å². The van der Waals surface area contributed by atoms with Gasteiger partial charge in [-0.3, -0.25) is 19.7 Å². The average Bonchev–Trinajstić information content (AvgIpc) is 3.32. The number of hydrogen-bond acceptors (Lipinski definition) is 7. The maximum Gasteiger partial charge on any atom is 0.258 e. The molecular weight excluding hydrogens is 410 g/mol. The second kappa shape index (κ2) is 8.26. The van der Waals surface area contributed by atoms with Crippen LogP contribution in [0.1, 0.15) is 34.3 Å². The Bertz CT molecular complexity index is 1100. The molecule has 10 heteroatoms. The van der Waals surface area contributed by atoms with E-state index in [-0.39, 0.29) is 29.5 Å². The molecular formula is C19H19N5O3S2. The Hall–Kier alpha value is -2.85. The Kier molecular flexibility index (Phi) is 5.54. The lowest BCUT2D eigenvalue weighted by atomic mass is 9.93. The first-order valence-electron chi connectivity index (χ1n) is 9.17. The quantitative estimate of drug-likeness (QED) is 0.649. The predicted octanol–water partition coefficient (Wildman–Crippen LogP) is 2.78. The summed E-state index contributed by atoms with van der Waals surface area (Å²) in [5.41, 5.74) is 0.981. The first kappa shape index (κ1) is 19.5. The van der Waals surface area contributed by atoms with Gasteiger partial charge in [-0.25, -0.2) is 9.97 Å². The van der Waals surface area contributed by atoms with Crippen molar-refractivity contribution in [3.05, 3.63) is 56.4 Å². The van der Waals surface area contributed by atoms with Crippen molar-refractivity contribution in [1.29, 1.82) is 0 Å². The molecule has 3 heterocycles. The normalized spacial score (nSPS) is 15.6. The highest BCUT2D eigenvalue weighted by Gasteiger charge is 2.21. The highest BCUT2D eigenvalue weighted by atomic mass is 32.1. The summed E-state index contributed by atoms with van der Waals surface area (Å²) in [6.07, 6.45) is 5.99. The lowest BCUT2D eigenvalue weighted by Crippen LogP contribution is -2.28. The summed E-state index contributed by atoms with van der Waals surface area (Å²) in [5.74, 6) is -0.120. The number of nitrogens with zero attached hydrogens (tertiary/aromatic N) is 3. The number of aromatic nitrogens is 3. The van der Waals surface area contributed by atoms with E-state index in [0.717, 1.165) is 25.0 Å². The summed E-state index contributed by atoms with van der Waals surface area (Å²) in [7, 11) is 0. The molecule has 0 aliphatic heterocycles. The van der Waals surface area contributed by atoms with Crippen molar-refractivity contribution >= 4 is 44.8 Å². The monoisotopic (exact) mass is 429 g/mol. The van der Waals surface area contributed by atoms with Crippen LogP contribution in [0, 0.1) is 5.92 Å². The summed E-state index contributed by atoms with van der Waals surface area (Å²) in [6, 6.07) is 2.72. The third kappa shape index (κ3) is 4.60. The van der Waals surface area contributed by atoms with Crippen LogP contribution >= 0.6 is 22.7 Å². The Balaban J connectivity index is 1.46. The summed E-state index contributed by atoms with van der Waals surface area (Å²) in [4.78, 5) is 46.6. The van der Waals surface area contributed by atoms with E-state index in [9.17, 15) is 14.4 Å². The molecule has 0 bridgehead atoms. The van der Waals surface area contributed by atoms with Gasteiger partial charge in [0, 0.05) is 28.7 Å². The van der Waals surface area contributed by atoms with E-state index in [1.165, 1.54) is 50.4 Å². The molecule has 3 aromatic heterocycles. The van der Waals surface area contributed by atoms with Gasteiger partial charge in [0.25, 0.3) is 11.5 Å². The molecule has 0 saturated heterocycles. The molecule has 4 rings (SSSR count). The van der Waals surface area contributed by atoms with Gasteiger partial charge in [-0.15, -0.1) is 22.7 Å². The highest BCUT2D eigenvalue weighted by molar-refractivity contribution is 7.16. The minimum absolute atomic E-state index is 0.205. The van der Waals surface area contributed by atoms with E-state index in [2.05, 4.69) is 27.5 Å². The Morgan fingerprint density at radius 2 is 2.14 bits per heavy atom. The van der Waals surface area contributed by atoms with Gasteiger partial charge >= 0.3 is 0 Å². The molecule has 1 aliphatic rings. The van der Waals surface area contributed by atoms with Crippen molar-refractivity contribution in [3.8, 4) is 0 Å². The van der Waals surface area contributed by atoms with E-state index < -0.39 is 0 Å². The number of amides is 2. The van der Waals surface area contributed by atoms with E-state index in [1.54, 1.807) is 11.6 Å². The van der Waals surface area contributed by atoms with Crippen LogP contribution in [0.3, 0.4) is 0 Å². The molecule has 8 nitrogen and oxygen atoms in total. The topological polar surface area (TPSA) is 106 Å². The van der Waals surface area contributed by atoms with E-state index in [0.29, 0.717) is 16.2 Å². The van der Waals surface area contributed by atoms with Crippen LogP contribution in [-0.2, 0) is 24.2 Å². The maximum absolute atomic E-state index is 12.6. The summed E-state index contributed by atoms with van der Waals surface area (Å²) >= 11 is 2.79. The first-order valence-corrected chi connectivity index (χ1v) is 10.9. The number of aryl methyl sites for hydroxylation is 1. The SMILES string of the molecule is CC1CCc2nc(NC(=O)c3ccc(=O)n(CC(=O)Nc4nccs4)c3)sc2C1. The van der Waals surface area contributed by atoms with Gasteiger partial charge < -0.3 is 9.88 Å². The van der Waals surface area contributed by atoms with Gasteiger partial charge in [0.2, 0.25) is 5.91 Å². The van der Waals surface area contributed by atoms with Crippen molar-refractivity contribution in [2.75, 3.05) is 10.6 Å². The zero-order valence-electron chi connectivity index (χ0n) is 15.7. The fourth-order valence-electron chi connectivity index (χ4n) is 3.15. The number of thiazole rings is 2. The average molecular weight is 430 g/mol. The van der Waals surface area contributed by atoms with Crippen molar-refractivity contribution in [3.63, 3.8) is 0 Å². The molecule has 0 aromatic carbocycles. The number of fused-ring (bicyclic) bond motifs is 1. The number of carbonyl (C=O) groups excluding carboxylic acids is 2. The molecule has 2 amide bonds. The van der Waals surface area contributed by atoms with Crippen LogP contribution in [0.5, 0.6) is 0 Å². The predicted molar refractivity (Wildman–Crippen MR) is 113 cm³/mol. The van der Waals surface area contributed by atoms with Crippen molar-refractivity contribution in [2.24, 2.45) is 5.92 Å². The van der Waals surface area contributed by atoms with E-state index >= 15 is 0 Å². The largest absolute Gasteiger partial charge is 0.305 e. The number of carbonyl (C=O) groups is 2. The van der Waals surface area contributed by atoms with Gasteiger partial charge in [0.05, 0.1) is 11.3 Å². The highest BCUT2D eigenvalue weighted by Crippen LogP contribution is 2.32. The van der Waals surface area contributed by atoms with Crippen LogP contribution in [0.15, 0.2) is 34.7 Å². The fraction of sp³-hybridized carbons (Fsp3) is 0.316. The minimum atomic E-state index is -0.388. The summed E-state index contributed by atoms with van der Waals surface area (Å²) < 4.78 is 1.20. The molecule has 0 radical (unpaired) electrons. The fourth-order valence-corrected chi connectivity index (χ4v) is 4.86. The minimum Gasteiger partial charge on any atom is -0.305 e. The van der Waals surface area contributed by atoms with Gasteiger partial charge in [-0.05, 0) is 31.2 Å². The molecule has 0 spiro atoms. The Labute approximate surface area is 174 Å². The molecule has 3 aromatic rings. The van der Waals surface area contributed by atoms with E-state index in [1.807, 2.05) is 0 Å². The molecule has 1 aliphatic carbocycles. The van der Waals surface area contributed by atoms with Crippen molar-refractivity contribution < 1.29 is 9.59 Å². The number of anilines is 2. The number of rotatable bonds is 5. The molecule has 1 atom stereocenters. The molecule has 0 saturated carbocycles. The number of hydrogen-bond donors (Lipinski definition) is 2. The summed E-state index contributed by atoms with van der Waals surface area (Å²) in [5, 5.41) is 8.19. The molecule has 0 fully saturated rings. The third-order valence-corrected chi connectivity index (χ3v) is 6.37. The standard InChI is InChI=1S/C19H19N5O3S2/c1-11-2-4-13-14(8-11)29-19(21-13)23-17(27)12-3-5-16(26)24(9-12)10-15(25)22-18-20-6-7-28-18/h3,5-7,9,11H,2,4,8,10H2,1H3,(H,20,22,25)(H,21,23,27). The smallest absolute Gasteiger partial charge is 0.258 e. The van der Waals surface area contributed by atoms with Crippen LogP contribution < -0.4 is 16.2 Å². The summed E-state index contributed by atoms with van der Waals surface area (Å²) in [6.45, 7) is 2.01. The Morgan fingerprint density at radius 1 is 1.28 bits per heavy atom. The molecule has 150 valence electrons. The van der Waals surface area contributed by atoms with Crippen molar-refractivity contribution in [2.45, 2.75) is 32.7 Å². The van der Waals surface area contributed by atoms with Gasteiger partial charge in [0.1, 0.15) is 6.54 Å². The second-order valence-electron chi connectivity index (χ2n) is 6.96. The van der Waals surface area contributed by atoms with Gasteiger partial charge in [0.15, 0.2) is 10.3 Å². The molecule has 2 N–H and O–H groups in total. The number of nitrogens with one attached hydrogen (secondary N) is 2. The van der Waals surface area contributed by atoms with Crippen LogP contribution in [-0.4, -0.2) is 26.3 Å². The van der Waals surface area contributed by atoms with Crippen LogP contribution in [0.4, 0.5) is 10.3 Å². The maximum atomic E-state index is 12.6. The molecule has 1 unspecified atom stereocenters. The lowest BCUT2D eigenvalue weighted by molar-refractivity contribution is -0.116. The zero-order chi connectivity index (χ0) is 20.4. The Morgan fingerprint density at radius 3 is 2.93 bits per heavy atom. The zero-order valence-corrected chi connectivity index (χ0v) is 17.3. The second-order valence-corrected chi connectivity index (χ2v) is 8.94. The number of pyridine rings is 1. The third-order valence-electron chi connectivity index (χ3n) is 4.64. The lowest BCUT2D eigenvalue weighted by Gasteiger charge is -2.15.